The van der Waals surface area contributed by atoms with E-state index in [1.807, 2.05) is 27.7 Å². The van der Waals surface area contributed by atoms with Crippen LogP contribution in [0.2, 0.25) is 0 Å². The highest BCUT2D eigenvalue weighted by molar-refractivity contribution is 5.95. The first kappa shape index (κ1) is 20.8. The lowest BCUT2D eigenvalue weighted by molar-refractivity contribution is 0.0556. The Morgan fingerprint density at radius 3 is 2.41 bits per heavy atom. The molecule has 0 saturated heterocycles. The standard InChI is InChI=1S/C19H30N4O4/c1-5-27-17-14(16(20)24)10-11-15(22-17)21-12-6-8-13(9-7-12)23(18(25)26)19(2,3)4/h10-13H,5-9H2,1-4H3,(H2,20,24)(H,21,22)(H,25,26)/t12-,13-. The van der Waals surface area contributed by atoms with Crippen molar-refractivity contribution in [3.63, 3.8) is 0 Å². The average molecular weight is 378 g/mol. The Kier molecular flexibility index (Phi) is 6.51. The van der Waals surface area contributed by atoms with Crippen molar-refractivity contribution >= 4 is 17.8 Å². The number of carbonyl (C=O) groups is 2. The maximum absolute atomic E-state index is 11.7. The van der Waals surface area contributed by atoms with Crippen molar-refractivity contribution in [2.24, 2.45) is 5.73 Å². The Balaban J connectivity index is 2.02. The lowest BCUT2D eigenvalue weighted by Gasteiger charge is -2.42. The van der Waals surface area contributed by atoms with Crippen molar-refractivity contribution in [3.05, 3.63) is 17.7 Å². The summed E-state index contributed by atoms with van der Waals surface area (Å²) in [6.45, 7) is 7.97. The normalized spacial score (nSPS) is 20.0. The summed E-state index contributed by atoms with van der Waals surface area (Å²) >= 11 is 0. The fraction of sp³-hybridized carbons (Fsp3) is 0.632. The van der Waals surface area contributed by atoms with Crippen LogP contribution in [0.4, 0.5) is 10.6 Å². The van der Waals surface area contributed by atoms with E-state index in [1.54, 1.807) is 17.0 Å². The van der Waals surface area contributed by atoms with E-state index in [0.717, 1.165) is 25.7 Å². The number of hydrogen-bond acceptors (Lipinski definition) is 5. The average Bonchev–Trinajstić information content (AvgIpc) is 2.55. The van der Waals surface area contributed by atoms with Gasteiger partial charge in [-0.05, 0) is 65.5 Å². The summed E-state index contributed by atoms with van der Waals surface area (Å²) in [4.78, 5) is 29.0. The summed E-state index contributed by atoms with van der Waals surface area (Å²) in [6.07, 6.45) is 2.39. The van der Waals surface area contributed by atoms with Gasteiger partial charge in [0.15, 0.2) is 0 Å². The monoisotopic (exact) mass is 378 g/mol. The van der Waals surface area contributed by atoms with Gasteiger partial charge in [-0.2, -0.15) is 4.98 Å². The maximum atomic E-state index is 11.7. The summed E-state index contributed by atoms with van der Waals surface area (Å²) in [5, 5.41) is 12.9. The highest BCUT2D eigenvalue weighted by atomic mass is 16.5. The summed E-state index contributed by atoms with van der Waals surface area (Å²) in [7, 11) is 0. The van der Waals surface area contributed by atoms with Crippen molar-refractivity contribution in [1.29, 1.82) is 0 Å². The molecule has 1 aliphatic rings. The Hall–Kier alpha value is -2.51. The van der Waals surface area contributed by atoms with E-state index in [2.05, 4.69) is 10.3 Å². The second-order valence-electron chi connectivity index (χ2n) is 7.82. The number of carbonyl (C=O) groups excluding carboxylic acids is 1. The van der Waals surface area contributed by atoms with Crippen molar-refractivity contribution in [2.45, 2.75) is 71.0 Å². The zero-order valence-electron chi connectivity index (χ0n) is 16.5. The van der Waals surface area contributed by atoms with E-state index in [9.17, 15) is 14.7 Å². The second-order valence-corrected chi connectivity index (χ2v) is 7.82. The van der Waals surface area contributed by atoms with E-state index >= 15 is 0 Å². The van der Waals surface area contributed by atoms with Gasteiger partial charge in [-0.25, -0.2) is 4.79 Å². The van der Waals surface area contributed by atoms with Crippen molar-refractivity contribution in [3.8, 4) is 5.88 Å². The summed E-state index contributed by atoms with van der Waals surface area (Å²) in [6, 6.07) is 3.54. The maximum Gasteiger partial charge on any atom is 0.407 e. The predicted octanol–water partition coefficient (Wildman–Crippen LogP) is 3.08. The summed E-state index contributed by atoms with van der Waals surface area (Å²) in [5.74, 6) is 0.278. The fourth-order valence-electron chi connectivity index (χ4n) is 3.63. The zero-order valence-corrected chi connectivity index (χ0v) is 16.5. The number of hydrogen-bond donors (Lipinski definition) is 3. The van der Waals surface area contributed by atoms with Gasteiger partial charge in [0.1, 0.15) is 11.4 Å². The molecule has 0 bridgehead atoms. The third-order valence-corrected chi connectivity index (χ3v) is 4.75. The third-order valence-electron chi connectivity index (χ3n) is 4.75. The Labute approximate surface area is 160 Å². The van der Waals surface area contributed by atoms with Crippen molar-refractivity contribution in [2.75, 3.05) is 11.9 Å². The van der Waals surface area contributed by atoms with Gasteiger partial charge >= 0.3 is 6.09 Å². The molecule has 0 aromatic carbocycles. The van der Waals surface area contributed by atoms with E-state index in [1.165, 1.54) is 0 Å². The molecule has 150 valence electrons. The SMILES string of the molecule is CCOc1nc(N[C@H]2CC[C@H](N(C(=O)O)C(C)(C)C)CC2)ccc1C(N)=O. The highest BCUT2D eigenvalue weighted by Crippen LogP contribution is 2.30. The Bertz CT molecular complexity index is 679. The number of ether oxygens (including phenoxy) is 1. The molecule has 1 aromatic rings. The van der Waals surface area contributed by atoms with Crippen LogP contribution in [0.15, 0.2) is 12.1 Å². The van der Waals surface area contributed by atoms with E-state index < -0.39 is 17.5 Å². The van der Waals surface area contributed by atoms with Crippen LogP contribution in [0.5, 0.6) is 5.88 Å². The molecule has 0 aliphatic heterocycles. The number of anilines is 1. The summed E-state index contributed by atoms with van der Waals surface area (Å²) < 4.78 is 5.42. The molecule has 0 unspecified atom stereocenters. The molecule has 2 rings (SSSR count). The van der Waals surface area contributed by atoms with Crippen LogP contribution in [-0.2, 0) is 0 Å². The molecule has 2 amide bonds. The minimum Gasteiger partial charge on any atom is -0.477 e. The van der Waals surface area contributed by atoms with Crippen LogP contribution < -0.4 is 15.8 Å². The molecular weight excluding hydrogens is 348 g/mol. The largest absolute Gasteiger partial charge is 0.477 e. The molecule has 1 aromatic heterocycles. The quantitative estimate of drug-likeness (QED) is 0.700. The van der Waals surface area contributed by atoms with Crippen LogP contribution >= 0.6 is 0 Å². The van der Waals surface area contributed by atoms with E-state index in [-0.39, 0.29) is 23.5 Å². The smallest absolute Gasteiger partial charge is 0.407 e. The topological polar surface area (TPSA) is 118 Å². The number of nitrogens with zero attached hydrogens (tertiary/aromatic N) is 2. The number of nitrogens with one attached hydrogen (secondary N) is 1. The first-order chi connectivity index (χ1) is 12.6. The van der Waals surface area contributed by atoms with Gasteiger partial charge in [-0.15, -0.1) is 0 Å². The van der Waals surface area contributed by atoms with Gasteiger partial charge < -0.3 is 25.8 Å². The molecule has 8 heteroatoms. The number of rotatable bonds is 6. The first-order valence-corrected chi connectivity index (χ1v) is 9.36. The zero-order chi connectivity index (χ0) is 20.2. The molecule has 4 N–H and O–H groups in total. The molecule has 1 fully saturated rings. The number of carboxylic acid groups (broad SMARTS) is 1. The van der Waals surface area contributed by atoms with Crippen LogP contribution in [-0.4, -0.2) is 51.2 Å². The van der Waals surface area contributed by atoms with Gasteiger partial charge in [0.25, 0.3) is 5.91 Å². The van der Waals surface area contributed by atoms with Crippen molar-refractivity contribution < 1.29 is 19.4 Å². The molecule has 1 heterocycles. The predicted molar refractivity (Wildman–Crippen MR) is 103 cm³/mol. The molecule has 8 nitrogen and oxygen atoms in total. The Morgan fingerprint density at radius 1 is 1.30 bits per heavy atom. The number of amides is 2. The first-order valence-electron chi connectivity index (χ1n) is 9.36. The van der Waals surface area contributed by atoms with Crippen molar-refractivity contribution in [1.82, 2.24) is 9.88 Å². The molecule has 0 atom stereocenters. The highest BCUT2D eigenvalue weighted by Gasteiger charge is 2.35. The molecule has 0 spiro atoms. The Morgan fingerprint density at radius 2 is 1.93 bits per heavy atom. The fourth-order valence-corrected chi connectivity index (χ4v) is 3.63. The number of aromatic nitrogens is 1. The van der Waals surface area contributed by atoms with Gasteiger partial charge in [-0.3, -0.25) is 4.79 Å². The second kappa shape index (κ2) is 8.45. The molecule has 0 radical (unpaired) electrons. The minimum absolute atomic E-state index is 0.0183. The van der Waals surface area contributed by atoms with Crippen LogP contribution in [0.3, 0.4) is 0 Å². The van der Waals surface area contributed by atoms with Gasteiger partial charge in [0.2, 0.25) is 5.88 Å². The number of primary amides is 1. The molecule has 1 aliphatic carbocycles. The lowest BCUT2D eigenvalue weighted by Crippen LogP contribution is -2.52. The molecule has 27 heavy (non-hydrogen) atoms. The third kappa shape index (κ3) is 5.24. The number of pyridine rings is 1. The van der Waals surface area contributed by atoms with Gasteiger partial charge in [-0.1, -0.05) is 0 Å². The van der Waals surface area contributed by atoms with E-state index in [0.29, 0.717) is 12.4 Å². The minimum atomic E-state index is -0.871. The van der Waals surface area contributed by atoms with E-state index in [4.69, 9.17) is 10.5 Å². The van der Waals surface area contributed by atoms with Gasteiger partial charge in [0.05, 0.1) is 6.61 Å². The van der Waals surface area contributed by atoms with Crippen LogP contribution in [0.1, 0.15) is 63.7 Å². The number of nitrogens with two attached hydrogens (primary N) is 1. The molecule has 1 saturated carbocycles. The lowest BCUT2D eigenvalue weighted by atomic mass is 9.88. The summed E-state index contributed by atoms with van der Waals surface area (Å²) in [5.41, 5.74) is 5.19. The van der Waals surface area contributed by atoms with Crippen LogP contribution in [0, 0.1) is 0 Å². The molecular formula is C19H30N4O4. The van der Waals surface area contributed by atoms with Crippen LogP contribution in [0.25, 0.3) is 0 Å². The van der Waals surface area contributed by atoms with Gasteiger partial charge in [0, 0.05) is 17.6 Å².